The Hall–Kier alpha value is -0.380. The van der Waals surface area contributed by atoms with Gasteiger partial charge in [-0.3, -0.25) is 0 Å². The minimum absolute atomic E-state index is 0.194. The van der Waals surface area contributed by atoms with Gasteiger partial charge in [0.05, 0.1) is 6.61 Å². The van der Waals surface area contributed by atoms with Gasteiger partial charge in [-0.2, -0.15) is 0 Å². The summed E-state index contributed by atoms with van der Waals surface area (Å²) in [6, 6.07) is 4.93. The van der Waals surface area contributed by atoms with E-state index in [9.17, 15) is 0 Å². The summed E-state index contributed by atoms with van der Waals surface area (Å²) in [7, 11) is 0. The van der Waals surface area contributed by atoms with Crippen LogP contribution < -0.4 is 5.32 Å². The fourth-order valence-corrected chi connectivity index (χ4v) is 2.23. The first-order valence-electron chi connectivity index (χ1n) is 5.15. The molecule has 1 aromatic heterocycles. The van der Waals surface area contributed by atoms with Gasteiger partial charge in [-0.1, -0.05) is 13.0 Å². The summed E-state index contributed by atoms with van der Waals surface area (Å²) in [6.45, 7) is 4.40. The molecular weight excluding hydrogens is 194 g/mol. The van der Waals surface area contributed by atoms with E-state index in [1.54, 1.807) is 11.3 Å². The molecule has 3 heteroatoms. The van der Waals surface area contributed by atoms with Crippen molar-refractivity contribution in [3.63, 3.8) is 0 Å². The molecule has 0 saturated heterocycles. The van der Waals surface area contributed by atoms with E-state index in [0.29, 0.717) is 6.04 Å². The molecule has 2 unspecified atom stereocenters. The predicted molar refractivity (Wildman–Crippen MR) is 61.8 cm³/mol. The summed E-state index contributed by atoms with van der Waals surface area (Å²) in [5.74, 6) is 0. The zero-order valence-corrected chi connectivity index (χ0v) is 9.68. The van der Waals surface area contributed by atoms with Crippen molar-refractivity contribution in [1.29, 1.82) is 0 Å². The number of hydrogen-bond acceptors (Lipinski definition) is 3. The summed E-state index contributed by atoms with van der Waals surface area (Å²) < 4.78 is 0. The van der Waals surface area contributed by atoms with Crippen molar-refractivity contribution >= 4 is 11.3 Å². The number of aliphatic hydroxyl groups is 1. The third-order valence-electron chi connectivity index (χ3n) is 2.31. The molecular formula is C11H19NOS. The minimum atomic E-state index is 0.194. The van der Waals surface area contributed by atoms with Crippen molar-refractivity contribution in [2.24, 2.45) is 0 Å². The van der Waals surface area contributed by atoms with E-state index in [-0.39, 0.29) is 12.6 Å². The second-order valence-electron chi connectivity index (χ2n) is 3.64. The maximum Gasteiger partial charge on any atom is 0.0582 e. The van der Waals surface area contributed by atoms with E-state index in [1.165, 1.54) is 4.88 Å². The Balaban J connectivity index is 2.39. The minimum Gasteiger partial charge on any atom is -0.395 e. The maximum atomic E-state index is 8.95. The summed E-state index contributed by atoms with van der Waals surface area (Å²) in [5.41, 5.74) is 0. The van der Waals surface area contributed by atoms with E-state index in [2.05, 4.69) is 29.8 Å². The number of nitrogens with one attached hydrogen (secondary N) is 1. The molecule has 0 aromatic carbocycles. The summed E-state index contributed by atoms with van der Waals surface area (Å²) in [6.07, 6.45) is 2.17. The first kappa shape index (κ1) is 11.7. The molecule has 1 rings (SSSR count). The Kier molecular flexibility index (Phi) is 5.15. The van der Waals surface area contributed by atoms with Crippen LogP contribution in [0, 0.1) is 0 Å². The van der Waals surface area contributed by atoms with Crippen LogP contribution in [0.2, 0.25) is 0 Å². The van der Waals surface area contributed by atoms with Crippen molar-refractivity contribution in [3.8, 4) is 0 Å². The van der Waals surface area contributed by atoms with Crippen molar-refractivity contribution in [2.75, 3.05) is 6.61 Å². The van der Waals surface area contributed by atoms with E-state index in [1.807, 2.05) is 6.92 Å². The Morgan fingerprint density at radius 1 is 1.57 bits per heavy atom. The van der Waals surface area contributed by atoms with Gasteiger partial charge in [0.2, 0.25) is 0 Å². The third kappa shape index (κ3) is 3.78. The van der Waals surface area contributed by atoms with E-state index in [4.69, 9.17) is 5.11 Å². The maximum absolute atomic E-state index is 8.95. The van der Waals surface area contributed by atoms with E-state index < -0.39 is 0 Å². The van der Waals surface area contributed by atoms with E-state index in [0.717, 1.165) is 12.8 Å². The molecule has 1 aromatic rings. The first-order chi connectivity index (χ1) is 6.76. The normalized spacial score (nSPS) is 15.4. The highest BCUT2D eigenvalue weighted by atomic mass is 32.1. The first-order valence-corrected chi connectivity index (χ1v) is 6.03. The largest absolute Gasteiger partial charge is 0.395 e. The van der Waals surface area contributed by atoms with Gasteiger partial charge in [-0.25, -0.2) is 0 Å². The lowest BCUT2D eigenvalue weighted by molar-refractivity contribution is 0.239. The fraction of sp³-hybridized carbons (Fsp3) is 0.636. The van der Waals surface area contributed by atoms with Crippen LogP contribution in [0.15, 0.2) is 17.5 Å². The molecule has 2 atom stereocenters. The summed E-state index contributed by atoms with van der Waals surface area (Å²) >= 11 is 1.80. The van der Waals surface area contributed by atoms with Gasteiger partial charge in [0.1, 0.15) is 0 Å². The molecule has 0 amide bonds. The lowest BCUT2D eigenvalue weighted by Gasteiger charge is -2.20. The summed E-state index contributed by atoms with van der Waals surface area (Å²) in [5, 5.41) is 14.5. The average Bonchev–Trinajstić information content (AvgIpc) is 2.69. The SMILES string of the molecule is CCC(Cc1cccs1)NC(C)CO. The van der Waals surface area contributed by atoms with Crippen LogP contribution in [0.4, 0.5) is 0 Å². The summed E-state index contributed by atoms with van der Waals surface area (Å²) in [4.78, 5) is 1.41. The zero-order valence-electron chi connectivity index (χ0n) is 8.86. The number of hydrogen-bond donors (Lipinski definition) is 2. The van der Waals surface area contributed by atoms with Gasteiger partial charge >= 0.3 is 0 Å². The van der Waals surface area contributed by atoms with Crippen LogP contribution in [0.5, 0.6) is 0 Å². The molecule has 1 heterocycles. The number of aliphatic hydroxyl groups excluding tert-OH is 1. The Morgan fingerprint density at radius 3 is 2.86 bits per heavy atom. The van der Waals surface area contributed by atoms with Gasteiger partial charge < -0.3 is 10.4 Å². The molecule has 2 N–H and O–H groups in total. The molecule has 0 saturated carbocycles. The molecule has 0 aliphatic carbocycles. The van der Waals surface area contributed by atoms with Crippen molar-refractivity contribution in [1.82, 2.24) is 5.32 Å². The third-order valence-corrected chi connectivity index (χ3v) is 3.21. The molecule has 0 fully saturated rings. The Bertz CT molecular complexity index is 235. The molecule has 0 aliphatic heterocycles. The number of rotatable bonds is 6. The van der Waals surface area contributed by atoms with Crippen molar-refractivity contribution in [3.05, 3.63) is 22.4 Å². The van der Waals surface area contributed by atoms with Crippen molar-refractivity contribution < 1.29 is 5.11 Å². The lowest BCUT2D eigenvalue weighted by atomic mass is 10.1. The highest BCUT2D eigenvalue weighted by Crippen LogP contribution is 2.12. The Labute approximate surface area is 90.0 Å². The quantitative estimate of drug-likeness (QED) is 0.758. The lowest BCUT2D eigenvalue weighted by Crippen LogP contribution is -2.39. The molecule has 80 valence electrons. The molecule has 0 radical (unpaired) electrons. The molecule has 0 spiro atoms. The van der Waals surface area contributed by atoms with Crippen LogP contribution in [-0.4, -0.2) is 23.8 Å². The van der Waals surface area contributed by atoms with E-state index >= 15 is 0 Å². The topological polar surface area (TPSA) is 32.3 Å². The molecule has 0 aliphatic rings. The zero-order chi connectivity index (χ0) is 10.4. The van der Waals surface area contributed by atoms with Crippen LogP contribution in [0.25, 0.3) is 0 Å². The van der Waals surface area contributed by atoms with Crippen LogP contribution in [0.1, 0.15) is 25.1 Å². The average molecular weight is 213 g/mol. The fourth-order valence-electron chi connectivity index (χ4n) is 1.45. The van der Waals surface area contributed by atoms with Crippen molar-refractivity contribution in [2.45, 2.75) is 38.8 Å². The van der Waals surface area contributed by atoms with Crippen LogP contribution in [0.3, 0.4) is 0 Å². The van der Waals surface area contributed by atoms with Gasteiger partial charge in [0, 0.05) is 17.0 Å². The molecule has 0 bridgehead atoms. The second-order valence-corrected chi connectivity index (χ2v) is 4.67. The monoisotopic (exact) mass is 213 g/mol. The second kappa shape index (κ2) is 6.17. The van der Waals surface area contributed by atoms with Gasteiger partial charge in [0.25, 0.3) is 0 Å². The van der Waals surface area contributed by atoms with Gasteiger partial charge in [-0.15, -0.1) is 11.3 Å². The predicted octanol–water partition coefficient (Wildman–Crippen LogP) is 2.04. The van der Waals surface area contributed by atoms with Crippen LogP contribution in [-0.2, 0) is 6.42 Å². The highest BCUT2D eigenvalue weighted by Gasteiger charge is 2.10. The highest BCUT2D eigenvalue weighted by molar-refractivity contribution is 7.09. The van der Waals surface area contributed by atoms with Gasteiger partial charge in [-0.05, 0) is 31.2 Å². The Morgan fingerprint density at radius 2 is 2.36 bits per heavy atom. The standard InChI is InChI=1S/C11H19NOS/c1-3-10(12-9(2)8-13)7-11-5-4-6-14-11/h4-6,9-10,12-13H,3,7-8H2,1-2H3. The number of thiophene rings is 1. The smallest absolute Gasteiger partial charge is 0.0582 e. The molecule has 2 nitrogen and oxygen atoms in total. The molecule has 14 heavy (non-hydrogen) atoms. The van der Waals surface area contributed by atoms with Crippen LogP contribution >= 0.6 is 11.3 Å². The van der Waals surface area contributed by atoms with Gasteiger partial charge in [0.15, 0.2) is 0 Å².